The zero-order chi connectivity index (χ0) is 22.4. The monoisotopic (exact) mass is 482 g/mol. The lowest BCUT2D eigenvalue weighted by Gasteiger charge is -2.23. The molecule has 0 radical (unpaired) electrons. The maximum absolute atomic E-state index is 12.5. The van der Waals surface area contributed by atoms with Crippen LogP contribution in [0.2, 0.25) is 0 Å². The Labute approximate surface area is 187 Å². The zero-order valence-corrected chi connectivity index (χ0v) is 18.4. The fraction of sp³-hybridized carbons (Fsp3) is 0.0870. The maximum atomic E-state index is 12.5. The Kier molecular flexibility index (Phi) is 7.04. The van der Waals surface area contributed by atoms with Crippen LogP contribution in [0.1, 0.15) is 10.4 Å². The lowest BCUT2D eigenvalue weighted by Crippen LogP contribution is -2.27. The predicted molar refractivity (Wildman–Crippen MR) is 120 cm³/mol. The van der Waals surface area contributed by atoms with Crippen molar-refractivity contribution in [1.82, 2.24) is 0 Å². The van der Waals surface area contributed by atoms with Gasteiger partial charge in [-0.05, 0) is 58.4 Å². The van der Waals surface area contributed by atoms with Gasteiger partial charge in [0.2, 0.25) is 0 Å². The number of carbonyl (C=O) groups excluding carboxylic acids is 3. The van der Waals surface area contributed by atoms with E-state index in [1.165, 1.54) is 25.2 Å². The quantitative estimate of drug-likeness (QED) is 0.643. The number of halogens is 1. The van der Waals surface area contributed by atoms with Gasteiger partial charge in [0.1, 0.15) is 5.70 Å². The van der Waals surface area contributed by atoms with Crippen LogP contribution in [0.5, 0.6) is 0 Å². The highest BCUT2D eigenvalue weighted by molar-refractivity contribution is 9.10. The molecular formula is C23H19BrN2O5. The average Bonchev–Trinajstić information content (AvgIpc) is 3.03. The van der Waals surface area contributed by atoms with Gasteiger partial charge in [0.15, 0.2) is 0 Å². The highest BCUT2D eigenvalue weighted by Gasteiger charge is 2.27. The van der Waals surface area contributed by atoms with E-state index in [0.29, 0.717) is 21.4 Å². The number of hydrogen-bond donors (Lipinski definition) is 1. The van der Waals surface area contributed by atoms with E-state index in [4.69, 9.17) is 9.47 Å². The maximum Gasteiger partial charge on any atom is 0.355 e. The van der Waals surface area contributed by atoms with Crippen molar-refractivity contribution >= 4 is 45.2 Å². The first-order valence-corrected chi connectivity index (χ1v) is 9.96. The minimum absolute atomic E-state index is 0.00678. The molecule has 2 aromatic carbocycles. The molecule has 1 N–H and O–H groups in total. The third kappa shape index (κ3) is 4.92. The van der Waals surface area contributed by atoms with Gasteiger partial charge >= 0.3 is 11.9 Å². The first kappa shape index (κ1) is 22.0. The van der Waals surface area contributed by atoms with Gasteiger partial charge in [-0.1, -0.05) is 24.3 Å². The Morgan fingerprint density at radius 3 is 2.29 bits per heavy atom. The minimum atomic E-state index is -0.700. The molecule has 0 saturated heterocycles. The van der Waals surface area contributed by atoms with Crippen molar-refractivity contribution in [3.63, 3.8) is 0 Å². The number of ether oxygens (including phenoxy) is 2. The van der Waals surface area contributed by atoms with Crippen molar-refractivity contribution in [1.29, 1.82) is 0 Å². The summed E-state index contributed by atoms with van der Waals surface area (Å²) in [6.45, 7) is 0. The van der Waals surface area contributed by atoms with E-state index in [2.05, 4.69) is 21.2 Å². The van der Waals surface area contributed by atoms with Gasteiger partial charge in [-0.3, -0.25) is 4.79 Å². The van der Waals surface area contributed by atoms with Crippen molar-refractivity contribution in [3.05, 3.63) is 94.3 Å². The van der Waals surface area contributed by atoms with Crippen LogP contribution in [0, 0.1) is 0 Å². The molecule has 1 aliphatic heterocycles. The van der Waals surface area contributed by atoms with Crippen molar-refractivity contribution in [2.45, 2.75) is 0 Å². The summed E-state index contributed by atoms with van der Waals surface area (Å²) in [5, 5.41) is 2.84. The largest absolute Gasteiger partial charge is 0.465 e. The highest BCUT2D eigenvalue weighted by Crippen LogP contribution is 2.32. The number of amides is 1. The Hall–Kier alpha value is -3.65. The van der Waals surface area contributed by atoms with E-state index in [9.17, 15) is 14.4 Å². The molecule has 0 atom stereocenters. The van der Waals surface area contributed by atoms with Crippen molar-refractivity contribution in [2.24, 2.45) is 0 Å². The van der Waals surface area contributed by atoms with Crippen molar-refractivity contribution in [2.75, 3.05) is 24.4 Å². The number of esters is 2. The first-order valence-electron chi connectivity index (χ1n) is 9.17. The second-order valence-electron chi connectivity index (χ2n) is 6.30. The summed E-state index contributed by atoms with van der Waals surface area (Å²) in [6, 6.07) is 14.0. The molecule has 0 fully saturated rings. The van der Waals surface area contributed by atoms with E-state index in [1.807, 2.05) is 6.07 Å². The van der Waals surface area contributed by atoms with E-state index < -0.39 is 11.9 Å². The smallest absolute Gasteiger partial charge is 0.355 e. The summed E-state index contributed by atoms with van der Waals surface area (Å²) in [5.74, 6) is -1.62. The molecule has 0 aromatic heterocycles. The van der Waals surface area contributed by atoms with Gasteiger partial charge < -0.3 is 19.7 Å². The molecule has 2 aromatic rings. The number of nitrogens with one attached hydrogen (secondary N) is 1. The van der Waals surface area contributed by atoms with Gasteiger partial charge in [0.05, 0.1) is 25.5 Å². The SMILES string of the molecule is COC(=O)C1=C(C(=O)OC)N(c2ccc(NC(=O)c3ccccc3)c(Br)c2)C=CC=C1. The zero-order valence-electron chi connectivity index (χ0n) is 16.8. The number of carbonyl (C=O) groups is 3. The molecule has 7 nitrogen and oxygen atoms in total. The van der Waals surface area contributed by atoms with Crippen LogP contribution < -0.4 is 10.2 Å². The summed E-state index contributed by atoms with van der Waals surface area (Å²) in [6.07, 6.45) is 6.41. The number of hydrogen-bond acceptors (Lipinski definition) is 6. The lowest BCUT2D eigenvalue weighted by atomic mass is 10.1. The Morgan fingerprint density at radius 1 is 0.935 bits per heavy atom. The Bertz CT molecular complexity index is 1110. The average molecular weight is 483 g/mol. The van der Waals surface area contributed by atoms with Crippen LogP contribution in [0.4, 0.5) is 11.4 Å². The molecule has 8 heteroatoms. The van der Waals surface area contributed by atoms with Crippen molar-refractivity contribution in [3.8, 4) is 0 Å². The topological polar surface area (TPSA) is 84.9 Å². The van der Waals surface area contributed by atoms with Crippen LogP contribution in [0.15, 0.2) is 88.7 Å². The van der Waals surface area contributed by atoms with Gasteiger partial charge in [-0.25, -0.2) is 9.59 Å². The van der Waals surface area contributed by atoms with E-state index >= 15 is 0 Å². The molecule has 0 saturated carbocycles. The number of anilines is 2. The molecule has 0 bridgehead atoms. The second kappa shape index (κ2) is 9.90. The Morgan fingerprint density at radius 2 is 1.65 bits per heavy atom. The molecule has 0 spiro atoms. The second-order valence-corrected chi connectivity index (χ2v) is 7.15. The minimum Gasteiger partial charge on any atom is -0.465 e. The summed E-state index contributed by atoms with van der Waals surface area (Å²) >= 11 is 3.46. The van der Waals surface area contributed by atoms with Crippen LogP contribution >= 0.6 is 15.9 Å². The van der Waals surface area contributed by atoms with Gasteiger partial charge in [-0.15, -0.1) is 0 Å². The molecule has 31 heavy (non-hydrogen) atoms. The van der Waals surface area contributed by atoms with Gasteiger partial charge in [-0.2, -0.15) is 0 Å². The number of benzene rings is 2. The molecule has 0 aliphatic carbocycles. The number of nitrogens with zero attached hydrogens (tertiary/aromatic N) is 1. The van der Waals surface area contributed by atoms with Crippen LogP contribution in [0.3, 0.4) is 0 Å². The summed E-state index contributed by atoms with van der Waals surface area (Å²) in [4.78, 5) is 38.7. The standard InChI is InChI=1S/C23H19BrN2O5/c1-30-22(28)17-10-6-7-13-26(20(17)23(29)31-2)16-11-12-19(18(24)14-16)25-21(27)15-8-4-3-5-9-15/h3-14H,1-2H3,(H,25,27). The highest BCUT2D eigenvalue weighted by atomic mass is 79.9. The Balaban J connectivity index is 1.97. The van der Waals surface area contributed by atoms with Gasteiger partial charge in [0, 0.05) is 21.9 Å². The van der Waals surface area contributed by atoms with Crippen LogP contribution in [0.25, 0.3) is 0 Å². The molecule has 3 rings (SSSR count). The lowest BCUT2D eigenvalue weighted by molar-refractivity contribution is -0.139. The molecule has 0 unspecified atom stereocenters. The van der Waals surface area contributed by atoms with Crippen LogP contribution in [-0.4, -0.2) is 32.1 Å². The third-order valence-corrected chi connectivity index (χ3v) is 5.06. The van der Waals surface area contributed by atoms with E-state index in [-0.39, 0.29) is 17.2 Å². The fourth-order valence-corrected chi connectivity index (χ4v) is 3.37. The molecule has 158 valence electrons. The number of methoxy groups -OCH3 is 2. The predicted octanol–water partition coefficient (Wildman–Crippen LogP) is 4.19. The van der Waals surface area contributed by atoms with Crippen LogP contribution in [-0.2, 0) is 19.1 Å². The molecule has 1 amide bonds. The molecular weight excluding hydrogens is 464 g/mol. The fourth-order valence-electron chi connectivity index (χ4n) is 2.90. The summed E-state index contributed by atoms with van der Waals surface area (Å²) in [5.41, 5.74) is 1.69. The summed E-state index contributed by atoms with van der Waals surface area (Å²) < 4.78 is 10.3. The number of rotatable bonds is 5. The van der Waals surface area contributed by atoms with Crippen molar-refractivity contribution < 1.29 is 23.9 Å². The number of allylic oxidation sites excluding steroid dienone is 2. The van der Waals surface area contributed by atoms with E-state index in [0.717, 1.165) is 0 Å². The van der Waals surface area contributed by atoms with E-state index in [1.54, 1.807) is 60.8 Å². The molecule has 1 aliphatic rings. The third-order valence-electron chi connectivity index (χ3n) is 4.40. The molecule has 1 heterocycles. The normalized spacial score (nSPS) is 12.9. The first-order chi connectivity index (χ1) is 15.0. The van der Waals surface area contributed by atoms with Gasteiger partial charge in [0.25, 0.3) is 5.91 Å². The summed E-state index contributed by atoms with van der Waals surface area (Å²) in [7, 11) is 2.47.